The number of halogens is 1. The number of anilines is 1. The first-order valence-corrected chi connectivity index (χ1v) is 8.65. The predicted octanol–water partition coefficient (Wildman–Crippen LogP) is 1.33. The van der Waals surface area contributed by atoms with Crippen molar-refractivity contribution in [3.63, 3.8) is 0 Å². The van der Waals surface area contributed by atoms with E-state index in [0.29, 0.717) is 6.54 Å². The Morgan fingerprint density at radius 2 is 2.25 bits per heavy atom. The van der Waals surface area contributed by atoms with Crippen molar-refractivity contribution in [2.24, 2.45) is 5.73 Å². The highest BCUT2D eigenvalue weighted by atomic mass is 35.5. The molecule has 1 amide bonds. The van der Waals surface area contributed by atoms with Gasteiger partial charge in [0.1, 0.15) is 17.8 Å². The summed E-state index contributed by atoms with van der Waals surface area (Å²) in [5.74, 6) is 1.76. The molecule has 0 unspecified atom stereocenters. The second-order valence-electron chi connectivity index (χ2n) is 5.77. The van der Waals surface area contributed by atoms with Crippen LogP contribution in [0.5, 0.6) is 0 Å². The average molecular weight is 367 g/mol. The highest BCUT2D eigenvalue weighted by Crippen LogP contribution is 2.30. The van der Waals surface area contributed by atoms with Gasteiger partial charge in [-0.25, -0.2) is 9.97 Å². The Labute approximate surface area is 150 Å². The second kappa shape index (κ2) is 7.00. The molecular weight excluding hydrogens is 348 g/mol. The molecule has 1 saturated heterocycles. The maximum absolute atomic E-state index is 12.7. The van der Waals surface area contributed by atoms with Crippen LogP contribution in [0.25, 0.3) is 11.0 Å². The van der Waals surface area contributed by atoms with E-state index in [1.165, 1.54) is 0 Å². The average Bonchev–Trinajstić information content (AvgIpc) is 3.22. The van der Waals surface area contributed by atoms with Gasteiger partial charge in [-0.1, -0.05) is 0 Å². The molecule has 2 aromatic heterocycles. The number of rotatable bonds is 2. The summed E-state index contributed by atoms with van der Waals surface area (Å²) in [6.07, 6.45) is 6.19. The van der Waals surface area contributed by atoms with Crippen LogP contribution in [0.2, 0.25) is 0 Å². The zero-order valence-corrected chi connectivity index (χ0v) is 14.6. The van der Waals surface area contributed by atoms with Gasteiger partial charge in [0, 0.05) is 43.8 Å². The lowest BCUT2D eigenvalue weighted by atomic mass is 10.3. The number of aromatic amines is 1. The van der Waals surface area contributed by atoms with Gasteiger partial charge in [-0.15, -0.1) is 24.2 Å². The fourth-order valence-corrected chi connectivity index (χ4v) is 3.96. The number of carbonyl (C=O) groups is 1. The fourth-order valence-electron chi connectivity index (χ4n) is 3.00. The van der Waals surface area contributed by atoms with Crippen molar-refractivity contribution < 1.29 is 4.79 Å². The lowest BCUT2D eigenvalue weighted by Crippen LogP contribution is -2.35. The number of nitrogens with two attached hydrogens (primary N) is 1. The molecule has 4 heterocycles. The molecule has 0 aliphatic carbocycles. The van der Waals surface area contributed by atoms with Crippen LogP contribution >= 0.6 is 24.2 Å². The number of nitrogens with one attached hydrogen (secondary N) is 1. The van der Waals surface area contributed by atoms with E-state index in [4.69, 9.17) is 5.73 Å². The van der Waals surface area contributed by atoms with Gasteiger partial charge in [-0.2, -0.15) is 0 Å². The fraction of sp³-hybridized carbons (Fsp3) is 0.400. The maximum atomic E-state index is 12.7. The Kier molecular flexibility index (Phi) is 4.98. The number of fused-ring (bicyclic) bond motifs is 1. The molecule has 7 nitrogen and oxygen atoms in total. The van der Waals surface area contributed by atoms with Crippen LogP contribution in [-0.4, -0.2) is 57.2 Å². The van der Waals surface area contributed by atoms with Crippen LogP contribution in [0.3, 0.4) is 0 Å². The summed E-state index contributed by atoms with van der Waals surface area (Å²) in [4.78, 5) is 29.0. The molecule has 2 aliphatic rings. The monoisotopic (exact) mass is 366 g/mol. The Bertz CT molecular complexity index is 778. The number of likely N-dealkylation sites (tertiary alicyclic amines) is 1. The smallest absolute Gasteiger partial charge is 0.261 e. The minimum Gasteiger partial charge on any atom is -0.346 e. The molecule has 24 heavy (non-hydrogen) atoms. The van der Waals surface area contributed by atoms with Crippen molar-refractivity contribution in [2.75, 3.05) is 30.3 Å². The summed E-state index contributed by atoms with van der Waals surface area (Å²) in [6.45, 7) is 2.21. The molecule has 0 aromatic carbocycles. The zero-order valence-electron chi connectivity index (χ0n) is 13.0. The van der Waals surface area contributed by atoms with Crippen LogP contribution in [0.15, 0.2) is 29.7 Å². The van der Waals surface area contributed by atoms with E-state index in [1.807, 2.05) is 28.3 Å². The number of H-pyrrole nitrogens is 1. The van der Waals surface area contributed by atoms with Crippen molar-refractivity contribution in [1.82, 2.24) is 19.9 Å². The maximum Gasteiger partial charge on any atom is 0.261 e. The Balaban J connectivity index is 0.00000169. The van der Waals surface area contributed by atoms with Gasteiger partial charge in [-0.3, -0.25) is 4.79 Å². The third-order valence-corrected chi connectivity index (χ3v) is 5.17. The normalized spacial score (nSPS) is 20.9. The van der Waals surface area contributed by atoms with Gasteiger partial charge in [0.15, 0.2) is 0 Å². The van der Waals surface area contributed by atoms with Crippen molar-refractivity contribution >= 4 is 46.9 Å². The van der Waals surface area contributed by atoms with E-state index in [9.17, 15) is 4.79 Å². The quantitative estimate of drug-likeness (QED) is 0.833. The van der Waals surface area contributed by atoms with Gasteiger partial charge in [-0.05, 0) is 12.5 Å². The molecular formula is C15H19ClN6OS. The van der Waals surface area contributed by atoms with Crippen LogP contribution in [-0.2, 0) is 4.79 Å². The zero-order chi connectivity index (χ0) is 15.8. The van der Waals surface area contributed by atoms with Crippen LogP contribution < -0.4 is 10.6 Å². The SMILES string of the molecule is Cl.N[C@H]1CCN(C(=O)C2=CN(c3ncnc4[nH]ccc34)CCS2)C1. The van der Waals surface area contributed by atoms with Crippen molar-refractivity contribution in [3.05, 3.63) is 29.7 Å². The summed E-state index contributed by atoms with van der Waals surface area (Å²) >= 11 is 1.60. The van der Waals surface area contributed by atoms with E-state index in [-0.39, 0.29) is 24.4 Å². The minimum atomic E-state index is 0. The molecule has 4 rings (SSSR count). The molecule has 1 atom stereocenters. The number of hydrogen-bond acceptors (Lipinski definition) is 6. The molecule has 0 spiro atoms. The molecule has 0 radical (unpaired) electrons. The van der Waals surface area contributed by atoms with Crippen LogP contribution in [0.4, 0.5) is 5.82 Å². The number of hydrogen-bond donors (Lipinski definition) is 2. The summed E-state index contributed by atoms with van der Waals surface area (Å²) in [5.41, 5.74) is 6.72. The largest absolute Gasteiger partial charge is 0.346 e. The lowest BCUT2D eigenvalue weighted by Gasteiger charge is -2.27. The van der Waals surface area contributed by atoms with Crippen molar-refractivity contribution in [1.29, 1.82) is 0 Å². The summed E-state index contributed by atoms with van der Waals surface area (Å²) in [5, 5.41) is 0.964. The number of nitrogens with zero attached hydrogens (tertiary/aromatic N) is 4. The summed E-state index contributed by atoms with van der Waals surface area (Å²) < 4.78 is 0. The van der Waals surface area contributed by atoms with E-state index >= 15 is 0 Å². The number of carbonyl (C=O) groups excluding carboxylic acids is 1. The molecule has 2 aliphatic heterocycles. The Morgan fingerprint density at radius 3 is 3.04 bits per heavy atom. The van der Waals surface area contributed by atoms with Gasteiger partial charge in [0.2, 0.25) is 0 Å². The Morgan fingerprint density at radius 1 is 1.38 bits per heavy atom. The van der Waals surface area contributed by atoms with E-state index in [1.54, 1.807) is 18.1 Å². The summed E-state index contributed by atoms with van der Waals surface area (Å²) in [7, 11) is 0. The highest BCUT2D eigenvalue weighted by Gasteiger charge is 2.28. The molecule has 1 fully saturated rings. The molecule has 2 aromatic rings. The first-order chi connectivity index (χ1) is 11.2. The van der Waals surface area contributed by atoms with E-state index in [0.717, 1.165) is 47.0 Å². The minimum absolute atomic E-state index is 0. The summed E-state index contributed by atoms with van der Waals surface area (Å²) in [6, 6.07) is 2.06. The van der Waals surface area contributed by atoms with Crippen molar-refractivity contribution in [2.45, 2.75) is 12.5 Å². The third-order valence-electron chi connectivity index (χ3n) is 4.19. The molecule has 0 bridgehead atoms. The van der Waals surface area contributed by atoms with Crippen molar-refractivity contribution in [3.8, 4) is 0 Å². The van der Waals surface area contributed by atoms with Gasteiger partial charge in [0.05, 0.1) is 10.3 Å². The number of amides is 1. The molecule has 9 heteroatoms. The third kappa shape index (κ3) is 3.09. The van der Waals surface area contributed by atoms with Gasteiger partial charge < -0.3 is 20.5 Å². The van der Waals surface area contributed by atoms with E-state index in [2.05, 4.69) is 15.0 Å². The second-order valence-corrected chi connectivity index (χ2v) is 6.91. The standard InChI is InChI=1S/C15H18N6OS.ClH/c16-10-2-4-21(7-10)15(22)12-8-20(5-6-23-12)14-11-1-3-17-13(11)18-9-19-14;/h1,3,8-10H,2,4-7,16H2,(H,17,18,19);1H/t10-;/m0./s1. The van der Waals surface area contributed by atoms with Crippen LogP contribution in [0, 0.1) is 0 Å². The Hall–Kier alpha value is -1.77. The number of thioether (sulfide) groups is 1. The topological polar surface area (TPSA) is 91.1 Å². The molecule has 3 N–H and O–H groups in total. The first-order valence-electron chi connectivity index (χ1n) is 7.66. The van der Waals surface area contributed by atoms with E-state index < -0.39 is 0 Å². The van der Waals surface area contributed by atoms with Gasteiger partial charge in [0.25, 0.3) is 5.91 Å². The number of aromatic nitrogens is 3. The lowest BCUT2D eigenvalue weighted by molar-refractivity contribution is -0.125. The predicted molar refractivity (Wildman–Crippen MR) is 98.2 cm³/mol. The highest BCUT2D eigenvalue weighted by molar-refractivity contribution is 8.04. The molecule has 0 saturated carbocycles. The van der Waals surface area contributed by atoms with Crippen LogP contribution in [0.1, 0.15) is 6.42 Å². The van der Waals surface area contributed by atoms with Gasteiger partial charge >= 0.3 is 0 Å². The molecule has 128 valence electrons. The first kappa shape index (κ1) is 17.1.